The topological polar surface area (TPSA) is 72.6 Å². The Kier molecular flexibility index (Phi) is 7.02. The highest BCUT2D eigenvalue weighted by atomic mass is 19.1. The van der Waals surface area contributed by atoms with Gasteiger partial charge in [-0.25, -0.2) is 9.18 Å². The van der Waals surface area contributed by atoms with E-state index in [4.69, 9.17) is 4.74 Å². The van der Waals surface area contributed by atoms with Crippen LogP contribution >= 0.6 is 0 Å². The zero-order chi connectivity index (χ0) is 24.4. The van der Waals surface area contributed by atoms with Crippen molar-refractivity contribution in [2.45, 2.75) is 47.3 Å². The third-order valence-electron chi connectivity index (χ3n) is 6.46. The number of piperazine rings is 1. The zero-order valence-electron chi connectivity index (χ0n) is 20.3. The van der Waals surface area contributed by atoms with Crippen molar-refractivity contribution < 1.29 is 13.9 Å². The van der Waals surface area contributed by atoms with Gasteiger partial charge in [-0.05, 0) is 39.8 Å². The molecule has 1 saturated heterocycles. The van der Waals surface area contributed by atoms with E-state index in [2.05, 4.69) is 23.1 Å². The van der Waals surface area contributed by atoms with Crippen molar-refractivity contribution in [3.8, 4) is 0 Å². The van der Waals surface area contributed by atoms with E-state index >= 15 is 4.39 Å². The number of anilines is 1. The second-order valence-electron chi connectivity index (χ2n) is 8.56. The van der Waals surface area contributed by atoms with Gasteiger partial charge in [-0.15, -0.1) is 0 Å². The van der Waals surface area contributed by atoms with Gasteiger partial charge in [-0.2, -0.15) is 5.10 Å². The number of halogens is 1. The Hall–Kier alpha value is -3.20. The molecule has 2 aromatic heterocycles. The van der Waals surface area contributed by atoms with Crippen LogP contribution in [-0.4, -0.2) is 58.0 Å². The van der Waals surface area contributed by atoms with Crippen molar-refractivity contribution in [2.24, 2.45) is 0 Å². The van der Waals surface area contributed by atoms with Crippen LogP contribution in [0.3, 0.4) is 0 Å². The second-order valence-corrected chi connectivity index (χ2v) is 8.56. The number of carbonyl (C=O) groups excluding carboxylic acids is 1. The summed E-state index contributed by atoms with van der Waals surface area (Å²) in [5, 5.41) is 4.71. The second kappa shape index (κ2) is 9.97. The van der Waals surface area contributed by atoms with Gasteiger partial charge in [0.05, 0.1) is 23.5 Å². The van der Waals surface area contributed by atoms with Crippen LogP contribution in [0.25, 0.3) is 10.9 Å². The number of aromatic nitrogens is 3. The molecule has 1 aliphatic heterocycles. The predicted octanol–water partition coefficient (Wildman–Crippen LogP) is 3.18. The van der Waals surface area contributed by atoms with Gasteiger partial charge < -0.3 is 14.2 Å². The fourth-order valence-corrected chi connectivity index (χ4v) is 4.52. The van der Waals surface area contributed by atoms with Crippen molar-refractivity contribution in [3.63, 3.8) is 0 Å². The van der Waals surface area contributed by atoms with E-state index in [1.54, 1.807) is 17.6 Å². The van der Waals surface area contributed by atoms with Crippen LogP contribution in [0.1, 0.15) is 42.4 Å². The molecule has 0 atom stereocenters. The number of pyridine rings is 1. The molecule has 3 aromatic rings. The molecular weight excluding hydrogens is 437 g/mol. The largest absolute Gasteiger partial charge is 0.462 e. The van der Waals surface area contributed by atoms with E-state index in [1.807, 2.05) is 23.4 Å². The van der Waals surface area contributed by atoms with Crippen LogP contribution in [0.5, 0.6) is 0 Å². The summed E-state index contributed by atoms with van der Waals surface area (Å²) in [6.45, 7) is 13.0. The van der Waals surface area contributed by atoms with Gasteiger partial charge in [0.1, 0.15) is 11.4 Å². The first kappa shape index (κ1) is 23.9. The number of fused-ring (bicyclic) bond motifs is 1. The third-order valence-corrected chi connectivity index (χ3v) is 6.46. The van der Waals surface area contributed by atoms with Crippen molar-refractivity contribution in [2.75, 3.05) is 37.7 Å². The number of carbonyl (C=O) groups is 1. The monoisotopic (exact) mass is 469 g/mol. The van der Waals surface area contributed by atoms with Crippen molar-refractivity contribution in [1.82, 2.24) is 19.2 Å². The standard InChI is InChI=1S/C25H32FN5O3/c1-5-29-16-20(25(33)34-7-3)24(32)19-12-21(26)23(13-22(19)29)30-10-8-28(9-11-30)14-18-15-31(6-2)27-17(18)4/h12-13,15-16H,5-11,14H2,1-4H3. The van der Waals surface area contributed by atoms with Crippen LogP contribution in [0, 0.1) is 12.7 Å². The molecule has 0 aliphatic carbocycles. The lowest BCUT2D eigenvalue weighted by molar-refractivity contribution is 0.0524. The summed E-state index contributed by atoms with van der Waals surface area (Å²) in [6, 6.07) is 2.99. The molecular formula is C25H32FN5O3. The molecule has 4 rings (SSSR count). The lowest BCUT2D eigenvalue weighted by atomic mass is 10.1. The Morgan fingerprint density at radius 3 is 2.44 bits per heavy atom. The van der Waals surface area contributed by atoms with E-state index in [0.717, 1.165) is 31.9 Å². The van der Waals surface area contributed by atoms with E-state index < -0.39 is 17.2 Å². The molecule has 0 unspecified atom stereocenters. The fourth-order valence-electron chi connectivity index (χ4n) is 4.52. The molecule has 0 bridgehead atoms. The quantitative estimate of drug-likeness (QED) is 0.495. The maximum atomic E-state index is 15.2. The molecule has 0 radical (unpaired) electrons. The highest BCUT2D eigenvalue weighted by Gasteiger charge is 2.23. The average Bonchev–Trinajstić information content (AvgIpc) is 3.19. The van der Waals surface area contributed by atoms with Crippen LogP contribution in [0.15, 0.2) is 29.3 Å². The van der Waals surface area contributed by atoms with Crippen LogP contribution in [0.2, 0.25) is 0 Å². The van der Waals surface area contributed by atoms with E-state index in [1.165, 1.54) is 17.8 Å². The molecule has 8 nitrogen and oxygen atoms in total. The van der Waals surface area contributed by atoms with E-state index in [9.17, 15) is 9.59 Å². The van der Waals surface area contributed by atoms with Crippen LogP contribution in [0.4, 0.5) is 10.1 Å². The first-order valence-corrected chi connectivity index (χ1v) is 11.9. The van der Waals surface area contributed by atoms with Gasteiger partial charge in [0.25, 0.3) is 0 Å². The van der Waals surface area contributed by atoms with E-state index in [0.29, 0.717) is 30.8 Å². The van der Waals surface area contributed by atoms with Crippen molar-refractivity contribution in [1.29, 1.82) is 0 Å². The molecule has 0 amide bonds. The highest BCUT2D eigenvalue weighted by molar-refractivity contribution is 5.94. The number of esters is 1. The number of aryl methyl sites for hydroxylation is 3. The SMILES string of the molecule is CCOC(=O)c1cn(CC)c2cc(N3CCN(Cc4cn(CC)nc4C)CC3)c(F)cc2c1=O. The molecule has 1 fully saturated rings. The number of rotatable bonds is 7. The Labute approximate surface area is 198 Å². The summed E-state index contributed by atoms with van der Waals surface area (Å²) in [5.74, 6) is -1.14. The first-order valence-electron chi connectivity index (χ1n) is 11.9. The minimum absolute atomic E-state index is 0.0707. The minimum atomic E-state index is -0.683. The number of hydrogen-bond donors (Lipinski definition) is 0. The van der Waals surface area contributed by atoms with Crippen LogP contribution in [-0.2, 0) is 24.4 Å². The Bertz CT molecular complexity index is 1260. The van der Waals surface area contributed by atoms with Gasteiger partial charge >= 0.3 is 5.97 Å². The molecule has 0 spiro atoms. The maximum absolute atomic E-state index is 15.2. The van der Waals surface area contributed by atoms with Crippen molar-refractivity contribution >= 4 is 22.6 Å². The van der Waals surface area contributed by atoms with Gasteiger partial charge in [0.2, 0.25) is 5.43 Å². The third kappa shape index (κ3) is 4.57. The van der Waals surface area contributed by atoms with Gasteiger partial charge in [0, 0.05) is 69.2 Å². The van der Waals surface area contributed by atoms with Gasteiger partial charge in [-0.1, -0.05) is 0 Å². The zero-order valence-corrected chi connectivity index (χ0v) is 20.3. The van der Waals surface area contributed by atoms with Gasteiger partial charge in [0.15, 0.2) is 0 Å². The molecule has 34 heavy (non-hydrogen) atoms. The summed E-state index contributed by atoms with van der Waals surface area (Å²) in [4.78, 5) is 29.5. The normalized spacial score (nSPS) is 14.7. The highest BCUT2D eigenvalue weighted by Crippen LogP contribution is 2.27. The number of benzene rings is 1. The molecule has 9 heteroatoms. The molecule has 1 aliphatic rings. The summed E-state index contributed by atoms with van der Waals surface area (Å²) in [5.41, 5.74) is 2.78. The minimum Gasteiger partial charge on any atom is -0.462 e. The fraction of sp³-hybridized carbons (Fsp3) is 0.480. The van der Waals surface area contributed by atoms with Crippen molar-refractivity contribution in [3.05, 3.63) is 57.4 Å². The molecule has 182 valence electrons. The van der Waals surface area contributed by atoms with Crippen LogP contribution < -0.4 is 10.3 Å². The lowest BCUT2D eigenvalue weighted by Crippen LogP contribution is -2.46. The summed E-state index contributed by atoms with van der Waals surface area (Å²) >= 11 is 0. The van der Waals surface area contributed by atoms with E-state index in [-0.39, 0.29) is 17.6 Å². The number of nitrogens with zero attached hydrogens (tertiary/aromatic N) is 5. The molecule has 0 saturated carbocycles. The molecule has 1 aromatic carbocycles. The Morgan fingerprint density at radius 1 is 1.09 bits per heavy atom. The summed E-state index contributed by atoms with van der Waals surface area (Å²) < 4.78 is 24.0. The maximum Gasteiger partial charge on any atom is 0.343 e. The predicted molar refractivity (Wildman–Crippen MR) is 130 cm³/mol. The number of hydrogen-bond acceptors (Lipinski definition) is 6. The average molecular weight is 470 g/mol. The number of ether oxygens (including phenoxy) is 1. The molecule has 0 N–H and O–H groups in total. The summed E-state index contributed by atoms with van der Waals surface area (Å²) in [7, 11) is 0. The first-order chi connectivity index (χ1) is 16.4. The lowest BCUT2D eigenvalue weighted by Gasteiger charge is -2.36. The van der Waals surface area contributed by atoms with Gasteiger partial charge in [-0.3, -0.25) is 14.4 Å². The molecule has 3 heterocycles. The Morgan fingerprint density at radius 2 is 1.82 bits per heavy atom. The smallest absolute Gasteiger partial charge is 0.343 e. The Balaban J connectivity index is 1.57. The summed E-state index contributed by atoms with van der Waals surface area (Å²) in [6.07, 6.45) is 3.61.